The van der Waals surface area contributed by atoms with Crippen molar-refractivity contribution in [3.05, 3.63) is 0 Å². The maximum Gasteiger partial charge on any atom is 0.304 e. The van der Waals surface area contributed by atoms with E-state index in [0.29, 0.717) is 25.9 Å². The molecule has 5 saturated heterocycles. The Hall–Kier alpha value is -1.26. The fourth-order valence-corrected chi connectivity index (χ4v) is 8.28. The highest BCUT2D eigenvalue weighted by Gasteiger charge is 2.83. The van der Waals surface area contributed by atoms with E-state index in [1.807, 2.05) is 0 Å². The zero-order valence-corrected chi connectivity index (χ0v) is 19.7. The Morgan fingerprint density at radius 2 is 1.73 bits per heavy atom. The summed E-state index contributed by atoms with van der Waals surface area (Å²) in [5.41, 5.74) is -1.65. The van der Waals surface area contributed by atoms with E-state index < -0.39 is 42.0 Å². The van der Waals surface area contributed by atoms with Crippen LogP contribution in [0.4, 0.5) is 0 Å². The molecule has 2 aliphatic carbocycles. The van der Waals surface area contributed by atoms with Crippen molar-refractivity contribution in [2.75, 3.05) is 6.61 Å². The van der Waals surface area contributed by atoms with Crippen LogP contribution in [0.25, 0.3) is 0 Å². The van der Waals surface area contributed by atoms with E-state index in [4.69, 9.17) is 28.4 Å². The normalized spacial score (nSPS) is 56.3. The standard InChI is InChI=1S/C24H34O9/c1-11-5-18(29-12(2)25)24-16(22(11,4)17-6-14-7-19(27)33-20(14)32-17)8-15(9-23(24)10-28-23)31-21(24)30-13(3)26/h11,14-21,27H,5-10H2,1-4H3/t11-,14+,15-,16-,17+,18+,19-,20-,21?,22+,23+,24+/m1/s1. The maximum absolute atomic E-state index is 12.2. The van der Waals surface area contributed by atoms with Gasteiger partial charge in [-0.1, -0.05) is 13.8 Å². The Labute approximate surface area is 193 Å². The summed E-state index contributed by atoms with van der Waals surface area (Å²) in [5, 5.41) is 9.90. The van der Waals surface area contributed by atoms with E-state index in [1.165, 1.54) is 13.8 Å². The summed E-state index contributed by atoms with van der Waals surface area (Å²) in [6, 6.07) is 0. The monoisotopic (exact) mass is 466 g/mol. The Morgan fingerprint density at radius 3 is 2.36 bits per heavy atom. The molecule has 0 aromatic rings. The molecule has 2 bridgehead atoms. The first kappa shape index (κ1) is 22.2. The molecule has 7 aliphatic rings. The van der Waals surface area contributed by atoms with Crippen LogP contribution in [0, 0.1) is 28.6 Å². The number of fused-ring (bicyclic) bond motifs is 2. The fraction of sp³-hybridized carbons (Fsp3) is 0.917. The SMILES string of the molecule is CC(=O)OC1O[C@@H]2C[C@@H]3[C@@](C)([C@@H]4C[C@H]5C[C@H](O)O[C@H]5O4)[C@H](C)C[C@H](OC(C)=O)[C@]13[C@@]1(CO1)C2. The van der Waals surface area contributed by atoms with Crippen molar-refractivity contribution in [2.45, 2.75) is 103 Å². The molecule has 7 fully saturated rings. The molecule has 0 amide bonds. The molecule has 1 N–H and O–H groups in total. The van der Waals surface area contributed by atoms with Gasteiger partial charge in [-0.3, -0.25) is 9.59 Å². The summed E-state index contributed by atoms with van der Waals surface area (Å²) in [5.74, 6) is -0.468. The third kappa shape index (κ3) is 2.89. The number of aliphatic hydroxyl groups excluding tert-OH is 1. The number of hydrogen-bond acceptors (Lipinski definition) is 9. The second-order valence-corrected chi connectivity index (χ2v) is 11.3. The molecule has 9 heteroatoms. The zero-order chi connectivity index (χ0) is 23.3. The molecular weight excluding hydrogens is 432 g/mol. The fourth-order valence-electron chi connectivity index (χ4n) is 8.28. The first-order chi connectivity index (χ1) is 15.6. The van der Waals surface area contributed by atoms with Crippen LogP contribution in [0.3, 0.4) is 0 Å². The number of hydrogen-bond donors (Lipinski definition) is 1. The predicted octanol–water partition coefficient (Wildman–Crippen LogP) is 1.89. The maximum atomic E-state index is 12.2. The van der Waals surface area contributed by atoms with Gasteiger partial charge in [-0.2, -0.15) is 0 Å². The van der Waals surface area contributed by atoms with Crippen molar-refractivity contribution in [3.8, 4) is 0 Å². The molecular formula is C24H34O9. The lowest BCUT2D eigenvalue weighted by atomic mass is 9.40. The van der Waals surface area contributed by atoms with Crippen molar-refractivity contribution in [3.63, 3.8) is 0 Å². The van der Waals surface area contributed by atoms with Crippen LogP contribution >= 0.6 is 0 Å². The van der Waals surface area contributed by atoms with Crippen molar-refractivity contribution >= 4 is 11.9 Å². The Balaban J connectivity index is 1.45. The van der Waals surface area contributed by atoms with Gasteiger partial charge in [-0.15, -0.1) is 0 Å². The van der Waals surface area contributed by atoms with Gasteiger partial charge in [0.25, 0.3) is 0 Å². The van der Waals surface area contributed by atoms with Crippen LogP contribution in [0.2, 0.25) is 0 Å². The average Bonchev–Trinajstić information content (AvgIpc) is 3.21. The van der Waals surface area contributed by atoms with Gasteiger partial charge < -0.3 is 33.5 Å². The van der Waals surface area contributed by atoms with Gasteiger partial charge in [0, 0.05) is 38.0 Å². The number of carbonyl (C=O) groups excluding carboxylic acids is 2. The lowest BCUT2D eigenvalue weighted by Crippen LogP contribution is -2.77. The van der Waals surface area contributed by atoms with Gasteiger partial charge in [-0.05, 0) is 31.1 Å². The van der Waals surface area contributed by atoms with Crippen molar-refractivity contribution in [2.24, 2.45) is 28.6 Å². The molecule has 2 spiro atoms. The number of rotatable bonds is 3. The van der Waals surface area contributed by atoms with Gasteiger partial charge in [0.15, 0.2) is 12.6 Å². The third-order valence-corrected chi connectivity index (χ3v) is 9.80. The van der Waals surface area contributed by atoms with Gasteiger partial charge in [0.2, 0.25) is 6.29 Å². The highest BCUT2D eigenvalue weighted by Crippen LogP contribution is 2.74. The van der Waals surface area contributed by atoms with E-state index in [9.17, 15) is 14.7 Å². The number of ether oxygens (including phenoxy) is 6. The highest BCUT2D eigenvalue weighted by molar-refractivity contribution is 5.67. The second-order valence-electron chi connectivity index (χ2n) is 11.3. The molecule has 0 aromatic heterocycles. The number of aliphatic hydroxyl groups is 1. The number of esters is 2. The van der Waals surface area contributed by atoms with Crippen LogP contribution in [0.1, 0.15) is 59.8 Å². The minimum Gasteiger partial charge on any atom is -0.462 e. The Bertz CT molecular complexity index is 843. The zero-order valence-electron chi connectivity index (χ0n) is 19.7. The van der Waals surface area contributed by atoms with E-state index in [-0.39, 0.29) is 41.3 Å². The van der Waals surface area contributed by atoms with Gasteiger partial charge in [0.1, 0.15) is 17.1 Å². The molecule has 5 aliphatic heterocycles. The highest BCUT2D eigenvalue weighted by atomic mass is 16.7. The molecule has 0 radical (unpaired) electrons. The molecule has 2 saturated carbocycles. The third-order valence-electron chi connectivity index (χ3n) is 9.80. The largest absolute Gasteiger partial charge is 0.462 e. The van der Waals surface area contributed by atoms with Crippen LogP contribution < -0.4 is 0 Å². The van der Waals surface area contributed by atoms with E-state index in [2.05, 4.69) is 13.8 Å². The lowest BCUT2D eigenvalue weighted by Gasteiger charge is -2.69. The summed E-state index contributed by atoms with van der Waals surface area (Å²) in [6.45, 7) is 7.80. The molecule has 0 aromatic carbocycles. The van der Waals surface area contributed by atoms with Crippen molar-refractivity contribution < 1.29 is 43.1 Å². The topological polar surface area (TPSA) is 113 Å². The molecule has 5 heterocycles. The summed E-state index contributed by atoms with van der Waals surface area (Å²) in [6.07, 6.45) is 0.736. The quantitative estimate of drug-likeness (QED) is 0.492. The van der Waals surface area contributed by atoms with E-state index >= 15 is 0 Å². The smallest absolute Gasteiger partial charge is 0.304 e. The summed E-state index contributed by atoms with van der Waals surface area (Å²) in [7, 11) is 0. The molecule has 9 nitrogen and oxygen atoms in total. The molecule has 1 unspecified atom stereocenters. The summed E-state index contributed by atoms with van der Waals surface area (Å²) >= 11 is 0. The molecule has 12 atom stereocenters. The second kappa shape index (κ2) is 7.13. The predicted molar refractivity (Wildman–Crippen MR) is 110 cm³/mol. The molecule has 184 valence electrons. The van der Waals surface area contributed by atoms with Crippen molar-refractivity contribution in [1.29, 1.82) is 0 Å². The minimum atomic E-state index is -0.842. The van der Waals surface area contributed by atoms with Gasteiger partial charge in [0.05, 0.1) is 18.8 Å². The van der Waals surface area contributed by atoms with Crippen LogP contribution in [0.5, 0.6) is 0 Å². The molecule has 33 heavy (non-hydrogen) atoms. The van der Waals surface area contributed by atoms with Gasteiger partial charge >= 0.3 is 11.9 Å². The summed E-state index contributed by atoms with van der Waals surface area (Å²) < 4.78 is 36.4. The number of epoxide rings is 1. The van der Waals surface area contributed by atoms with Crippen LogP contribution in [0.15, 0.2) is 0 Å². The first-order valence-corrected chi connectivity index (χ1v) is 12.2. The first-order valence-electron chi connectivity index (χ1n) is 12.2. The summed E-state index contributed by atoms with van der Waals surface area (Å²) in [4.78, 5) is 24.4. The Morgan fingerprint density at radius 1 is 1.00 bits per heavy atom. The van der Waals surface area contributed by atoms with E-state index in [0.717, 1.165) is 12.8 Å². The number of carbonyl (C=O) groups is 2. The van der Waals surface area contributed by atoms with Crippen molar-refractivity contribution in [1.82, 2.24) is 0 Å². The van der Waals surface area contributed by atoms with Crippen LogP contribution in [-0.4, -0.2) is 66.4 Å². The molecule has 7 rings (SSSR count). The average molecular weight is 467 g/mol. The van der Waals surface area contributed by atoms with Gasteiger partial charge in [-0.25, -0.2) is 0 Å². The minimum absolute atomic E-state index is 0.00815. The lowest BCUT2D eigenvalue weighted by molar-refractivity contribution is -0.376. The Kier molecular flexibility index (Phi) is 4.80. The van der Waals surface area contributed by atoms with E-state index in [1.54, 1.807) is 0 Å². The van der Waals surface area contributed by atoms with Crippen LogP contribution in [-0.2, 0) is 38.0 Å².